The average molecular weight is 400 g/mol. The molecule has 1 aliphatic rings. The molecule has 0 amide bonds. The molecule has 28 heavy (non-hydrogen) atoms. The fraction of sp³-hybridized carbons (Fsp3) is 0.409. The maximum Gasteiger partial charge on any atom is 0.170 e. The van der Waals surface area contributed by atoms with Crippen molar-refractivity contribution in [1.29, 1.82) is 0 Å². The summed E-state index contributed by atoms with van der Waals surface area (Å²) < 4.78 is 10.8. The number of morpholine rings is 1. The first-order chi connectivity index (χ1) is 13.6. The highest BCUT2D eigenvalue weighted by Gasteiger charge is 2.23. The predicted octanol–water partition coefficient (Wildman–Crippen LogP) is 3.67. The third kappa shape index (κ3) is 5.44. The number of thiocarbonyl (C=S) groups is 1. The van der Waals surface area contributed by atoms with E-state index >= 15 is 0 Å². The Morgan fingerprint density at radius 2 is 1.86 bits per heavy atom. The molecule has 5 nitrogen and oxygen atoms in total. The average Bonchev–Trinajstić information content (AvgIpc) is 2.72. The molecular formula is C22H29N3O2S. The maximum absolute atomic E-state index is 5.56. The lowest BCUT2D eigenvalue weighted by Crippen LogP contribution is -2.44. The van der Waals surface area contributed by atoms with Gasteiger partial charge in [-0.15, -0.1) is 0 Å². The first-order valence-corrected chi connectivity index (χ1v) is 10.1. The molecule has 1 fully saturated rings. The Kier molecular flexibility index (Phi) is 7.25. The van der Waals surface area contributed by atoms with Gasteiger partial charge < -0.3 is 20.1 Å². The van der Waals surface area contributed by atoms with Crippen LogP contribution in [0.3, 0.4) is 0 Å². The third-order valence-corrected chi connectivity index (χ3v) is 5.33. The molecule has 0 bridgehead atoms. The molecule has 150 valence electrons. The van der Waals surface area contributed by atoms with Crippen molar-refractivity contribution >= 4 is 23.0 Å². The molecule has 0 radical (unpaired) electrons. The summed E-state index contributed by atoms with van der Waals surface area (Å²) in [6.45, 7) is 8.24. The SMILES string of the molecule is COc1ccc(C(CNC(=S)Nc2cc(C)ccc2C)N2CCOCC2)cc1. The highest BCUT2D eigenvalue weighted by molar-refractivity contribution is 7.80. The van der Waals surface area contributed by atoms with Crippen LogP contribution >= 0.6 is 12.2 Å². The third-order valence-electron chi connectivity index (χ3n) is 5.08. The first kappa shape index (κ1) is 20.6. The van der Waals surface area contributed by atoms with E-state index in [0.29, 0.717) is 5.11 Å². The second-order valence-corrected chi connectivity index (χ2v) is 7.50. The Bertz CT molecular complexity index is 789. The molecule has 2 N–H and O–H groups in total. The van der Waals surface area contributed by atoms with E-state index in [9.17, 15) is 0 Å². The Labute approximate surface area is 173 Å². The first-order valence-electron chi connectivity index (χ1n) is 9.64. The molecule has 6 heteroatoms. The standard InChI is InChI=1S/C22H29N3O2S/c1-16-4-5-17(2)20(14-16)24-22(28)23-15-21(25-10-12-27-13-11-25)18-6-8-19(26-3)9-7-18/h4-9,14,21H,10-13,15H2,1-3H3,(H2,23,24,28). The van der Waals surface area contributed by atoms with Crippen LogP contribution in [0.2, 0.25) is 0 Å². The van der Waals surface area contributed by atoms with Crippen LogP contribution in [-0.4, -0.2) is 50.0 Å². The molecule has 1 aliphatic heterocycles. The lowest BCUT2D eigenvalue weighted by Gasteiger charge is -2.35. The Morgan fingerprint density at radius 1 is 1.14 bits per heavy atom. The largest absolute Gasteiger partial charge is 0.497 e. The van der Waals surface area contributed by atoms with Crippen LogP contribution < -0.4 is 15.4 Å². The van der Waals surface area contributed by atoms with Crippen LogP contribution in [0.5, 0.6) is 5.75 Å². The van der Waals surface area contributed by atoms with Gasteiger partial charge in [-0.3, -0.25) is 4.90 Å². The Balaban J connectivity index is 1.68. The molecular weight excluding hydrogens is 370 g/mol. The lowest BCUT2D eigenvalue weighted by molar-refractivity contribution is 0.0170. The number of methoxy groups -OCH3 is 1. The zero-order valence-electron chi connectivity index (χ0n) is 16.8. The Morgan fingerprint density at radius 3 is 2.54 bits per heavy atom. The minimum absolute atomic E-state index is 0.216. The monoisotopic (exact) mass is 399 g/mol. The van der Waals surface area contributed by atoms with Crippen molar-refractivity contribution in [2.75, 3.05) is 45.3 Å². The van der Waals surface area contributed by atoms with Crippen molar-refractivity contribution in [1.82, 2.24) is 10.2 Å². The van der Waals surface area contributed by atoms with E-state index in [0.717, 1.165) is 44.3 Å². The number of aryl methyl sites for hydroxylation is 2. The number of nitrogens with zero attached hydrogens (tertiary/aromatic N) is 1. The summed E-state index contributed by atoms with van der Waals surface area (Å²) in [7, 11) is 1.69. The minimum atomic E-state index is 0.216. The minimum Gasteiger partial charge on any atom is -0.497 e. The van der Waals surface area contributed by atoms with Crippen molar-refractivity contribution in [3.8, 4) is 5.75 Å². The predicted molar refractivity (Wildman–Crippen MR) is 118 cm³/mol. The second kappa shape index (κ2) is 9.87. The molecule has 1 unspecified atom stereocenters. The van der Waals surface area contributed by atoms with Crippen molar-refractivity contribution < 1.29 is 9.47 Å². The summed E-state index contributed by atoms with van der Waals surface area (Å²) in [6.07, 6.45) is 0. The van der Waals surface area contributed by atoms with Crippen molar-refractivity contribution in [3.05, 3.63) is 59.2 Å². The smallest absolute Gasteiger partial charge is 0.170 e. The maximum atomic E-state index is 5.56. The van der Waals surface area contributed by atoms with Gasteiger partial charge >= 0.3 is 0 Å². The quantitative estimate of drug-likeness (QED) is 0.723. The van der Waals surface area contributed by atoms with Gasteiger partial charge in [0.2, 0.25) is 0 Å². The topological polar surface area (TPSA) is 45.8 Å². The van der Waals surface area contributed by atoms with Gasteiger partial charge in [0.25, 0.3) is 0 Å². The van der Waals surface area contributed by atoms with Gasteiger partial charge in [-0.2, -0.15) is 0 Å². The number of hydrogen-bond acceptors (Lipinski definition) is 4. The van der Waals surface area contributed by atoms with E-state index in [1.54, 1.807) is 7.11 Å². The molecule has 3 rings (SSSR count). The van der Waals surface area contributed by atoms with E-state index in [2.05, 4.69) is 59.7 Å². The molecule has 0 saturated carbocycles. The molecule has 0 aliphatic carbocycles. The Hall–Kier alpha value is -2.15. The molecule has 2 aromatic carbocycles. The summed E-state index contributed by atoms with van der Waals surface area (Å²) >= 11 is 5.56. The molecule has 0 spiro atoms. The number of anilines is 1. The van der Waals surface area contributed by atoms with Gasteiger partial charge in [0.15, 0.2) is 5.11 Å². The fourth-order valence-corrected chi connectivity index (χ4v) is 3.59. The zero-order chi connectivity index (χ0) is 19.9. The number of rotatable bonds is 6. The van der Waals surface area contributed by atoms with E-state index in [1.807, 2.05) is 12.1 Å². The highest BCUT2D eigenvalue weighted by Crippen LogP contribution is 2.24. The van der Waals surface area contributed by atoms with Crippen LogP contribution in [0.4, 0.5) is 5.69 Å². The molecule has 1 saturated heterocycles. The molecule has 1 heterocycles. The van der Waals surface area contributed by atoms with Crippen LogP contribution in [0.25, 0.3) is 0 Å². The van der Waals surface area contributed by atoms with Crippen molar-refractivity contribution in [3.63, 3.8) is 0 Å². The van der Waals surface area contributed by atoms with Crippen molar-refractivity contribution in [2.24, 2.45) is 0 Å². The summed E-state index contributed by atoms with van der Waals surface area (Å²) in [5.74, 6) is 0.865. The fourth-order valence-electron chi connectivity index (χ4n) is 3.40. The van der Waals surface area contributed by atoms with Crippen LogP contribution in [0, 0.1) is 13.8 Å². The zero-order valence-corrected chi connectivity index (χ0v) is 17.6. The van der Waals surface area contributed by atoms with Crippen LogP contribution in [0.15, 0.2) is 42.5 Å². The van der Waals surface area contributed by atoms with E-state index in [1.165, 1.54) is 16.7 Å². The molecule has 1 atom stereocenters. The van der Waals surface area contributed by atoms with E-state index in [4.69, 9.17) is 21.7 Å². The number of nitrogens with one attached hydrogen (secondary N) is 2. The number of ether oxygens (including phenoxy) is 2. The summed E-state index contributed by atoms with van der Waals surface area (Å²) in [6, 6.07) is 14.8. The second-order valence-electron chi connectivity index (χ2n) is 7.09. The summed E-state index contributed by atoms with van der Waals surface area (Å²) in [4.78, 5) is 2.44. The molecule has 2 aromatic rings. The van der Waals surface area contributed by atoms with Crippen LogP contribution in [0.1, 0.15) is 22.7 Å². The summed E-state index contributed by atoms with van der Waals surface area (Å²) in [5.41, 5.74) is 4.67. The van der Waals surface area contributed by atoms with E-state index in [-0.39, 0.29) is 6.04 Å². The van der Waals surface area contributed by atoms with Gasteiger partial charge in [-0.25, -0.2) is 0 Å². The van der Waals surface area contributed by atoms with Gasteiger partial charge in [0.05, 0.1) is 26.4 Å². The van der Waals surface area contributed by atoms with Gasteiger partial charge in [-0.05, 0) is 61.0 Å². The normalized spacial score (nSPS) is 15.7. The number of hydrogen-bond donors (Lipinski definition) is 2. The van der Waals surface area contributed by atoms with Crippen LogP contribution in [-0.2, 0) is 4.74 Å². The lowest BCUT2D eigenvalue weighted by atomic mass is 10.0. The number of benzene rings is 2. The van der Waals surface area contributed by atoms with Crippen molar-refractivity contribution in [2.45, 2.75) is 19.9 Å². The van der Waals surface area contributed by atoms with E-state index < -0.39 is 0 Å². The highest BCUT2D eigenvalue weighted by atomic mass is 32.1. The van der Waals surface area contributed by atoms with Gasteiger partial charge in [-0.1, -0.05) is 24.3 Å². The summed E-state index contributed by atoms with van der Waals surface area (Å²) in [5, 5.41) is 7.38. The molecule has 0 aromatic heterocycles. The van der Waals surface area contributed by atoms with Gasteiger partial charge in [0, 0.05) is 25.3 Å². The van der Waals surface area contributed by atoms with Gasteiger partial charge in [0.1, 0.15) is 5.75 Å².